The van der Waals surface area contributed by atoms with Gasteiger partial charge in [0.2, 0.25) is 0 Å². The van der Waals surface area contributed by atoms with Crippen LogP contribution in [0.3, 0.4) is 0 Å². The largest absolute Gasteiger partial charge is 0.492 e. The van der Waals surface area contributed by atoms with Gasteiger partial charge < -0.3 is 14.5 Å². The molecule has 5 rings (SSSR count). The zero-order chi connectivity index (χ0) is 21.5. The molecule has 31 heavy (non-hydrogen) atoms. The minimum atomic E-state index is 0.0862. The van der Waals surface area contributed by atoms with Crippen molar-refractivity contribution in [1.29, 1.82) is 0 Å². The number of hydrogen-bond donors (Lipinski definition) is 0. The van der Waals surface area contributed by atoms with E-state index in [9.17, 15) is 4.79 Å². The van der Waals surface area contributed by atoms with E-state index in [-0.39, 0.29) is 5.91 Å². The van der Waals surface area contributed by atoms with Crippen molar-refractivity contribution >= 4 is 22.6 Å². The fraction of sp³-hybridized carbons (Fsp3) is 0.458. The van der Waals surface area contributed by atoms with Gasteiger partial charge in [-0.15, -0.1) is 0 Å². The molecule has 3 aromatic rings. The van der Waals surface area contributed by atoms with E-state index < -0.39 is 0 Å². The number of aryl methyl sites for hydroxylation is 2. The molecule has 0 bridgehead atoms. The lowest BCUT2D eigenvalue weighted by Gasteiger charge is -2.36. The lowest BCUT2D eigenvalue weighted by atomic mass is 10.1. The molecule has 2 fully saturated rings. The summed E-state index contributed by atoms with van der Waals surface area (Å²) in [5, 5.41) is 5.43. The molecule has 1 aliphatic carbocycles. The Morgan fingerprint density at radius 3 is 2.61 bits per heavy atom. The molecular formula is C24H29N5O2. The quantitative estimate of drug-likeness (QED) is 0.633. The van der Waals surface area contributed by atoms with Gasteiger partial charge in [-0.25, -0.2) is 4.98 Å². The van der Waals surface area contributed by atoms with Crippen LogP contribution in [0.15, 0.2) is 30.3 Å². The molecule has 7 heteroatoms. The Labute approximate surface area is 182 Å². The van der Waals surface area contributed by atoms with Crippen LogP contribution in [0.2, 0.25) is 0 Å². The average molecular weight is 420 g/mol. The molecule has 0 radical (unpaired) electrons. The van der Waals surface area contributed by atoms with E-state index in [0.717, 1.165) is 65.4 Å². The van der Waals surface area contributed by atoms with Crippen molar-refractivity contribution < 1.29 is 9.53 Å². The van der Waals surface area contributed by atoms with E-state index in [1.54, 1.807) is 4.68 Å². The highest BCUT2D eigenvalue weighted by Crippen LogP contribution is 2.40. The molecule has 162 valence electrons. The Morgan fingerprint density at radius 2 is 1.90 bits per heavy atom. The van der Waals surface area contributed by atoms with E-state index in [1.165, 1.54) is 0 Å². The summed E-state index contributed by atoms with van der Waals surface area (Å²) in [6, 6.07) is 10.2. The highest BCUT2D eigenvalue weighted by atomic mass is 16.5. The number of amides is 1. The van der Waals surface area contributed by atoms with Gasteiger partial charge >= 0.3 is 0 Å². The monoisotopic (exact) mass is 419 g/mol. The van der Waals surface area contributed by atoms with Crippen molar-refractivity contribution in [3.05, 3.63) is 47.3 Å². The van der Waals surface area contributed by atoms with Gasteiger partial charge in [-0.2, -0.15) is 5.10 Å². The number of fused-ring (bicyclic) bond motifs is 1. The Balaban J connectivity index is 1.39. The summed E-state index contributed by atoms with van der Waals surface area (Å²) < 4.78 is 7.60. The first kappa shape index (κ1) is 19.8. The summed E-state index contributed by atoms with van der Waals surface area (Å²) in [6.45, 7) is 7.53. The Hall–Kier alpha value is -3.09. The standard InChI is InChI=1S/C24H29N5O2/c1-4-31-21-8-6-5-7-20(21)28-11-13-29(14-12-28)24(30)18-15-19(17-9-10-17)25-23-22(18)16(2)26-27(23)3/h5-8,15,17H,4,9-14H2,1-3H3. The summed E-state index contributed by atoms with van der Waals surface area (Å²) in [7, 11) is 1.90. The molecule has 2 aliphatic rings. The second-order valence-electron chi connectivity index (χ2n) is 8.46. The van der Waals surface area contributed by atoms with Gasteiger partial charge in [0.1, 0.15) is 5.75 Å². The van der Waals surface area contributed by atoms with Crippen LogP contribution in [0, 0.1) is 6.92 Å². The van der Waals surface area contributed by atoms with Gasteiger partial charge in [0.05, 0.1) is 28.9 Å². The lowest BCUT2D eigenvalue weighted by Crippen LogP contribution is -2.49. The number of hydrogen-bond acceptors (Lipinski definition) is 5. The number of aromatic nitrogens is 3. The van der Waals surface area contributed by atoms with Crippen molar-refractivity contribution in [2.75, 3.05) is 37.7 Å². The van der Waals surface area contributed by atoms with Crippen molar-refractivity contribution in [1.82, 2.24) is 19.7 Å². The maximum atomic E-state index is 13.6. The predicted molar refractivity (Wildman–Crippen MR) is 121 cm³/mol. The fourth-order valence-electron chi connectivity index (χ4n) is 4.54. The van der Waals surface area contributed by atoms with Gasteiger partial charge in [0.15, 0.2) is 5.65 Å². The van der Waals surface area contributed by atoms with Crippen LogP contribution in [0.25, 0.3) is 11.0 Å². The third-order valence-electron chi connectivity index (χ3n) is 6.29. The van der Waals surface area contributed by atoms with E-state index >= 15 is 0 Å². The maximum Gasteiger partial charge on any atom is 0.254 e. The topological polar surface area (TPSA) is 63.5 Å². The predicted octanol–water partition coefficient (Wildman–Crippen LogP) is 3.52. The minimum Gasteiger partial charge on any atom is -0.492 e. The van der Waals surface area contributed by atoms with Crippen molar-refractivity contribution in [3.8, 4) is 5.75 Å². The van der Waals surface area contributed by atoms with Crippen LogP contribution in [0.1, 0.15) is 47.4 Å². The van der Waals surface area contributed by atoms with E-state index in [4.69, 9.17) is 9.72 Å². The molecule has 1 saturated carbocycles. The Kier molecular flexibility index (Phi) is 5.04. The molecule has 0 atom stereocenters. The van der Waals surface area contributed by atoms with E-state index in [2.05, 4.69) is 16.1 Å². The number of para-hydroxylation sites is 2. The summed E-state index contributed by atoms with van der Waals surface area (Å²) in [4.78, 5) is 22.7. The number of carbonyl (C=O) groups excluding carboxylic acids is 1. The minimum absolute atomic E-state index is 0.0862. The number of pyridine rings is 1. The second-order valence-corrected chi connectivity index (χ2v) is 8.46. The summed E-state index contributed by atoms with van der Waals surface area (Å²) in [5.74, 6) is 1.47. The number of ether oxygens (including phenoxy) is 1. The number of benzene rings is 1. The first-order chi connectivity index (χ1) is 15.1. The van der Waals surface area contributed by atoms with Crippen molar-refractivity contribution in [2.24, 2.45) is 7.05 Å². The maximum absolute atomic E-state index is 13.6. The van der Waals surface area contributed by atoms with Crippen LogP contribution >= 0.6 is 0 Å². The Morgan fingerprint density at radius 1 is 1.16 bits per heavy atom. The van der Waals surface area contributed by atoms with Gasteiger partial charge in [0, 0.05) is 44.8 Å². The molecule has 0 unspecified atom stereocenters. The highest BCUT2D eigenvalue weighted by Gasteiger charge is 2.31. The number of carbonyl (C=O) groups is 1. The van der Waals surface area contributed by atoms with Gasteiger partial charge in [-0.3, -0.25) is 9.48 Å². The number of nitrogens with zero attached hydrogens (tertiary/aromatic N) is 5. The molecule has 3 heterocycles. The molecule has 0 N–H and O–H groups in total. The third-order valence-corrected chi connectivity index (χ3v) is 6.29. The van der Waals surface area contributed by atoms with Crippen LogP contribution < -0.4 is 9.64 Å². The number of anilines is 1. The van der Waals surface area contributed by atoms with Crippen LogP contribution in [-0.2, 0) is 7.05 Å². The molecular weight excluding hydrogens is 390 g/mol. The molecule has 1 aliphatic heterocycles. The molecule has 7 nitrogen and oxygen atoms in total. The highest BCUT2D eigenvalue weighted by molar-refractivity contribution is 6.06. The van der Waals surface area contributed by atoms with Gasteiger partial charge in [-0.1, -0.05) is 12.1 Å². The zero-order valence-corrected chi connectivity index (χ0v) is 18.5. The van der Waals surface area contributed by atoms with Crippen LogP contribution in [0.4, 0.5) is 5.69 Å². The average Bonchev–Trinajstić information content (AvgIpc) is 3.60. The third kappa shape index (κ3) is 3.62. The Bertz CT molecular complexity index is 1130. The number of rotatable bonds is 5. The summed E-state index contributed by atoms with van der Waals surface area (Å²) in [5.41, 5.74) is 4.56. The lowest BCUT2D eigenvalue weighted by molar-refractivity contribution is 0.0748. The van der Waals surface area contributed by atoms with E-state index in [0.29, 0.717) is 25.6 Å². The first-order valence-corrected chi connectivity index (χ1v) is 11.2. The van der Waals surface area contributed by atoms with Gasteiger partial charge in [-0.05, 0) is 44.9 Å². The zero-order valence-electron chi connectivity index (χ0n) is 18.5. The first-order valence-electron chi connectivity index (χ1n) is 11.2. The van der Waals surface area contributed by atoms with Gasteiger partial charge in [0.25, 0.3) is 5.91 Å². The van der Waals surface area contributed by atoms with Crippen LogP contribution in [0.5, 0.6) is 5.75 Å². The smallest absolute Gasteiger partial charge is 0.254 e. The SMILES string of the molecule is CCOc1ccccc1N1CCN(C(=O)c2cc(C3CC3)nc3c2c(C)nn3C)CC1. The summed E-state index contributed by atoms with van der Waals surface area (Å²) >= 11 is 0. The normalized spacial score (nSPS) is 16.7. The second kappa shape index (κ2) is 7.87. The molecule has 0 spiro atoms. The molecule has 1 saturated heterocycles. The van der Waals surface area contributed by atoms with Crippen molar-refractivity contribution in [2.45, 2.75) is 32.6 Å². The van der Waals surface area contributed by atoms with Crippen molar-refractivity contribution in [3.63, 3.8) is 0 Å². The molecule has 1 amide bonds. The van der Waals surface area contributed by atoms with E-state index in [1.807, 2.05) is 50.1 Å². The number of piperazine rings is 1. The fourth-order valence-corrected chi connectivity index (χ4v) is 4.54. The van der Waals surface area contributed by atoms with Crippen LogP contribution in [-0.4, -0.2) is 58.4 Å². The molecule has 1 aromatic carbocycles. The summed E-state index contributed by atoms with van der Waals surface area (Å²) in [6.07, 6.45) is 2.31. The molecule has 2 aromatic heterocycles.